The van der Waals surface area contributed by atoms with E-state index in [9.17, 15) is 0 Å². The fraction of sp³-hybridized carbons (Fsp3) is 0.308. The van der Waals surface area contributed by atoms with Crippen molar-refractivity contribution in [2.75, 3.05) is 145 Å². The van der Waals surface area contributed by atoms with E-state index in [0.29, 0.717) is 0 Å². The van der Waals surface area contributed by atoms with Crippen LogP contribution < -0.4 is 63.8 Å². The molecule has 540 valence electrons. The first-order valence-corrected chi connectivity index (χ1v) is 30.8. The first kappa shape index (κ1) is 112. The summed E-state index contributed by atoms with van der Waals surface area (Å²) < 4.78 is 0. The summed E-state index contributed by atoms with van der Waals surface area (Å²) in [6, 6.07) is 60.4. The first-order valence-electron chi connectivity index (χ1n) is 30.8. The maximum absolute atomic E-state index is 5.91. The number of hydrogen-bond acceptors (Lipinski definition) is 18. The van der Waals surface area contributed by atoms with Crippen LogP contribution >= 0.6 is 0 Å². The van der Waals surface area contributed by atoms with Crippen LogP contribution in [0.5, 0.6) is 0 Å². The minimum Gasteiger partial charge on any atom is -1.00 e. The molecule has 0 fully saturated rings. The Morgan fingerprint density at radius 3 is 0.696 bits per heavy atom. The summed E-state index contributed by atoms with van der Waals surface area (Å²) >= 11 is 0. The van der Waals surface area contributed by atoms with Gasteiger partial charge in [0.15, 0.2) is 0 Å². The monoisotopic (exact) mass is 2140 g/mol. The van der Waals surface area contributed by atoms with Gasteiger partial charge in [-0.15, -0.1) is 0 Å². The molecule has 12 N–H and O–H groups in total. The molecule has 102 heavy (non-hydrogen) atoms. The van der Waals surface area contributed by atoms with E-state index < -0.39 is 0 Å². The molecule has 0 saturated carbocycles. The molecule has 0 aliphatic heterocycles. The predicted octanol–water partition coefficient (Wildman–Crippen LogP) is 18.3. The molecule has 0 aliphatic rings. The minimum atomic E-state index is 0. The number of aromatic nitrogens is 6. The van der Waals surface area contributed by atoms with Crippen molar-refractivity contribution < 1.29 is 17.1 Å². The Balaban J connectivity index is -0.0000000582. The van der Waals surface area contributed by atoms with Crippen molar-refractivity contribution in [2.24, 2.45) is 0 Å². The summed E-state index contributed by atoms with van der Waals surface area (Å²) in [5.41, 5.74) is 23.9. The quantitative estimate of drug-likeness (QED) is 0.0405. The molecule has 6 heterocycles. The molecule has 0 radical (unpaired) electrons. The number of hydrogen-bond donors (Lipinski definition) is 10. The molecule has 0 aliphatic carbocycles. The van der Waals surface area contributed by atoms with Gasteiger partial charge in [0.1, 0.15) is 34.9 Å². The fourth-order valence-corrected chi connectivity index (χ4v) is 9.85. The van der Waals surface area contributed by atoms with Crippen molar-refractivity contribution in [3.05, 3.63) is 182 Å². The van der Waals surface area contributed by atoms with Crippen LogP contribution in [0.15, 0.2) is 182 Å². The van der Waals surface area contributed by atoms with Gasteiger partial charge in [0.05, 0.1) is 33.1 Å². The van der Waals surface area contributed by atoms with E-state index in [4.69, 9.17) is 11.5 Å². The van der Waals surface area contributed by atoms with Gasteiger partial charge in [-0.2, -0.15) is 0 Å². The largest absolute Gasteiger partial charge is 2.00 e. The zero-order valence-electron chi connectivity index (χ0n) is 70.5. The number of nitrogen functional groups attached to an aromatic ring is 2. The van der Waals surface area contributed by atoms with Crippen LogP contribution in [-0.2, 0) is 0 Å². The van der Waals surface area contributed by atoms with Crippen molar-refractivity contribution in [3.8, 4) is 0 Å². The molecule has 6 aromatic heterocycles. The van der Waals surface area contributed by atoms with Crippen LogP contribution in [0.1, 0.15) is 103 Å². The number of rotatable bonds is 16. The number of nitrogens with one attached hydrogen (secondary N) is 8. The molecule has 0 amide bonds. The molecule has 0 bridgehead atoms. The predicted molar refractivity (Wildman–Crippen MR) is 480 cm³/mol. The van der Waals surface area contributed by atoms with Crippen molar-refractivity contribution in [3.63, 3.8) is 0 Å². The Morgan fingerprint density at radius 2 is 0.471 bits per heavy atom. The van der Waals surface area contributed by atoms with Gasteiger partial charge in [0.25, 0.3) is 0 Å². The Morgan fingerprint density at radius 1 is 0.284 bits per heavy atom. The number of anilines is 12. The number of nitrogens with zero attached hydrogens (tertiary/aromatic N) is 8. The molecule has 6 aromatic carbocycles. The molecule has 0 unspecified atom stereocenters. The summed E-state index contributed by atoms with van der Waals surface area (Å²) in [6.07, 6.45) is 0. The molecule has 12 aromatic rings. The van der Waals surface area contributed by atoms with Crippen molar-refractivity contribution in [2.45, 2.75) is 86.1 Å². The number of pyridine rings is 6. The second-order valence-corrected chi connectivity index (χ2v) is 20.9. The maximum Gasteiger partial charge on any atom is 2.00 e. The Labute approximate surface area is 872 Å². The van der Waals surface area contributed by atoms with Gasteiger partial charge >= 0.3 is 293 Å². The summed E-state index contributed by atoms with van der Waals surface area (Å²) in [6.45, 7) is 17.6. The molecule has 0 atom stereocenters. The Hall–Kier alpha value is -1.19. The van der Waals surface area contributed by atoms with Crippen LogP contribution in [0.3, 0.4) is 0 Å². The van der Waals surface area contributed by atoms with E-state index in [1.807, 2.05) is 174 Å². The second kappa shape index (κ2) is 60.6. The molecular formula is C78H126Ba6N18. The Kier molecular flexibility index (Phi) is 66.4. The molecule has 18 nitrogen and oxygen atoms in total. The van der Waals surface area contributed by atoms with E-state index in [-0.39, 0.29) is 355 Å². The van der Waals surface area contributed by atoms with Crippen LogP contribution in [0.25, 0.3) is 65.4 Å². The zero-order valence-corrected chi connectivity index (χ0v) is 85.2. The summed E-state index contributed by atoms with van der Waals surface area (Å²) in [5.74, 6) is 5.38. The van der Waals surface area contributed by atoms with Crippen molar-refractivity contribution in [1.82, 2.24) is 29.9 Å². The second-order valence-electron chi connectivity index (χ2n) is 20.9. The zero-order chi connectivity index (χ0) is 64.4. The third-order valence-corrected chi connectivity index (χ3v) is 14.0. The van der Waals surface area contributed by atoms with Gasteiger partial charge in [0.2, 0.25) is 0 Å². The van der Waals surface area contributed by atoms with Gasteiger partial charge in [-0.05, 0) is 77.9 Å². The van der Waals surface area contributed by atoms with Crippen molar-refractivity contribution >= 4 is 428 Å². The van der Waals surface area contributed by atoms with E-state index in [1.54, 1.807) is 0 Å². The average Bonchev–Trinajstić information content (AvgIpc) is 0.985. The van der Waals surface area contributed by atoms with Crippen LogP contribution in [0.4, 0.5) is 69.0 Å². The average molecular weight is 2140 g/mol. The van der Waals surface area contributed by atoms with Crippen LogP contribution in [0.2, 0.25) is 0 Å². The molecule has 24 heteroatoms. The number of benzene rings is 6. The van der Waals surface area contributed by atoms with E-state index >= 15 is 0 Å². The SMILES string of the molecule is C.C.C.C.C.C.CCNc1cc(N(C)C)c2ccccc2n1.CCNc1cc(N(C)C)c2ccccc2n1.CCNc1cc(N)c2ccccc2n1.CCNc1cc(N)c2ccccc2n1.CCNc1cc(NC)c2ccccc2n1.CCNc1cc(NC)c2ccccc2n1.[Ba+2].[Ba+2].[Ba+2].[Ba+2].[Ba+2].[Ba+2].[H-].[H-].[H-].[H-].[H-].[H-].[H-].[H-].[H-].[H-].[H-].[H-]. The van der Waals surface area contributed by atoms with Gasteiger partial charge in [-0.3, -0.25) is 0 Å². The van der Waals surface area contributed by atoms with Crippen molar-refractivity contribution in [1.29, 1.82) is 0 Å². The van der Waals surface area contributed by atoms with Crippen LogP contribution in [0, 0.1) is 0 Å². The number of para-hydroxylation sites is 6. The third-order valence-electron chi connectivity index (χ3n) is 14.0. The van der Waals surface area contributed by atoms with Gasteiger partial charge in [-0.1, -0.05) is 154 Å². The van der Waals surface area contributed by atoms with Gasteiger partial charge in [-0.25, -0.2) is 29.9 Å². The van der Waals surface area contributed by atoms with Gasteiger partial charge < -0.3 is 80.9 Å². The summed E-state index contributed by atoms with van der Waals surface area (Å²) in [7, 11) is 12.1. The van der Waals surface area contributed by atoms with E-state index in [1.165, 1.54) is 22.1 Å². The topological polar surface area (TPSA) is 232 Å². The third kappa shape index (κ3) is 34.0. The molecule has 12 rings (SSSR count). The molecule has 0 saturated heterocycles. The Bertz CT molecular complexity index is 4030. The standard InChI is InChI=1S/2C13H17N3.2C12H15N3.2C11H13N3.6CH4.6Ba.12H/c2*1-4-14-13-9-12(16(2)3)10-7-5-6-8-11(10)15-13;2*1-3-14-12-8-11(13-2)9-6-4-5-7-10(9)15-12;2*1-2-13-11-7-9(12)8-5-3-4-6-10(8)14-11;;;;;;;;;;;;;;;;;;;;;;;;/h2*5-9H,4H2,1-3H3,(H,14,15);2*4-8H,3H2,1-2H3,(H2,13,14,15);2*3-7H,2H2,1H3,(H3,12,13,14);6*1H4;;;;;;;;;;;;;;;;;;/q;;;;;;;;;;;;6*+2;12*-1. The molecular weight excluding hydrogens is 2010 g/mol. The smallest absolute Gasteiger partial charge is 1.00 e. The number of fused-ring (bicyclic) bond motifs is 6. The summed E-state index contributed by atoms with van der Waals surface area (Å²) in [4.78, 5) is 31.3. The normalized spacial score (nSPS) is 9.14. The number of nitrogens with two attached hydrogens (primary N) is 2. The fourth-order valence-electron chi connectivity index (χ4n) is 9.85. The van der Waals surface area contributed by atoms with E-state index in [2.05, 4.69) is 175 Å². The molecule has 0 spiro atoms. The first-order chi connectivity index (χ1) is 43.8. The van der Waals surface area contributed by atoms with Gasteiger partial charge in [0, 0.05) is 184 Å². The van der Waals surface area contributed by atoms with E-state index in [0.717, 1.165) is 152 Å². The minimum absolute atomic E-state index is 0. The summed E-state index contributed by atoms with van der Waals surface area (Å²) in [5, 5.41) is 32.3. The van der Waals surface area contributed by atoms with Crippen LogP contribution in [-0.4, -0.2) is 405 Å². The maximum atomic E-state index is 5.91.